The van der Waals surface area contributed by atoms with Crippen molar-refractivity contribution in [3.63, 3.8) is 0 Å². The number of H-pyrrole nitrogens is 1. The molecule has 6 rings (SSSR count). The van der Waals surface area contributed by atoms with Gasteiger partial charge in [-0.1, -0.05) is 6.07 Å². The second-order valence-electron chi connectivity index (χ2n) is 9.02. The number of aryl methyl sites for hydroxylation is 2. The highest BCUT2D eigenvalue weighted by atomic mass is 32.1. The molecule has 1 aromatic carbocycles. The van der Waals surface area contributed by atoms with E-state index in [0.717, 1.165) is 42.6 Å². The third-order valence-corrected chi connectivity index (χ3v) is 7.35. The summed E-state index contributed by atoms with van der Waals surface area (Å²) >= 11 is 1.72. The SMILES string of the molecule is Cc1cc(C(=O)N2CCCCc3sccc32)ccc1COC(=O)c1ncc[nH]1.O=C(n1ccnc1)n1ccnc1. The quantitative estimate of drug-likeness (QED) is 0.317. The lowest BCUT2D eigenvalue weighted by molar-refractivity contribution is 0.0458. The van der Waals surface area contributed by atoms with Crippen LogP contribution in [0.25, 0.3) is 0 Å². The maximum Gasteiger partial charge on any atom is 0.374 e. The van der Waals surface area contributed by atoms with E-state index in [4.69, 9.17) is 4.74 Å². The van der Waals surface area contributed by atoms with Crippen molar-refractivity contribution in [1.82, 2.24) is 29.1 Å². The summed E-state index contributed by atoms with van der Waals surface area (Å²) in [4.78, 5) is 53.8. The van der Waals surface area contributed by atoms with Gasteiger partial charge in [0, 0.05) is 54.2 Å². The Morgan fingerprint density at radius 2 is 1.80 bits per heavy atom. The minimum absolute atomic E-state index is 0.0174. The standard InChI is InChI=1S/C21H21N3O3S.C7H6N4O/c1-14-12-15(5-6-16(14)13-27-21(26)19-22-8-9-23-19)20(25)24-10-3-2-4-18-17(24)7-11-28-18;12-7(10-3-1-8-5-10)11-4-2-9-6-11/h5-9,11-12H,2-4,10,13H2,1H3,(H,22,23);1-6H. The number of aromatic amines is 1. The number of imidazole rings is 3. The third kappa shape index (κ3) is 6.07. The zero-order valence-corrected chi connectivity index (χ0v) is 22.6. The van der Waals surface area contributed by atoms with Crippen molar-refractivity contribution in [2.24, 2.45) is 0 Å². The normalized spacial score (nSPS) is 12.6. The number of thiophene rings is 1. The predicted molar refractivity (Wildman–Crippen MR) is 148 cm³/mol. The van der Waals surface area contributed by atoms with Crippen LogP contribution in [0.15, 0.2) is 79.5 Å². The van der Waals surface area contributed by atoms with Gasteiger partial charge >= 0.3 is 12.0 Å². The fourth-order valence-electron chi connectivity index (χ4n) is 4.26. The van der Waals surface area contributed by atoms with Gasteiger partial charge in [0.15, 0.2) is 0 Å². The van der Waals surface area contributed by atoms with Gasteiger partial charge in [-0.25, -0.2) is 24.5 Å². The van der Waals surface area contributed by atoms with E-state index < -0.39 is 5.97 Å². The molecular weight excluding hydrogens is 530 g/mol. The maximum atomic E-state index is 13.1. The van der Waals surface area contributed by atoms with Gasteiger partial charge in [-0.3, -0.25) is 13.9 Å². The molecule has 4 aromatic heterocycles. The van der Waals surface area contributed by atoms with Crippen LogP contribution in [0.1, 0.15) is 49.8 Å². The molecule has 0 spiro atoms. The van der Waals surface area contributed by atoms with E-state index in [-0.39, 0.29) is 24.4 Å². The summed E-state index contributed by atoms with van der Waals surface area (Å²) in [5.41, 5.74) is 3.47. The molecule has 0 bridgehead atoms. The Morgan fingerprint density at radius 1 is 1.02 bits per heavy atom. The van der Waals surface area contributed by atoms with Crippen molar-refractivity contribution < 1.29 is 19.1 Å². The second-order valence-corrected chi connectivity index (χ2v) is 10.0. The number of rotatable bonds is 4. The number of carbonyl (C=O) groups excluding carboxylic acids is 3. The average Bonchev–Trinajstić information content (AvgIpc) is 3.80. The van der Waals surface area contributed by atoms with Gasteiger partial charge in [0.2, 0.25) is 5.82 Å². The van der Waals surface area contributed by atoms with Crippen LogP contribution in [0.2, 0.25) is 0 Å². The van der Waals surface area contributed by atoms with Gasteiger partial charge < -0.3 is 14.6 Å². The van der Waals surface area contributed by atoms with Crippen molar-refractivity contribution in [3.8, 4) is 0 Å². The Hall–Kier alpha value is -4.84. The molecule has 0 aliphatic carbocycles. The monoisotopic (exact) mass is 557 g/mol. The third-order valence-electron chi connectivity index (χ3n) is 6.38. The highest BCUT2D eigenvalue weighted by molar-refractivity contribution is 7.10. The lowest BCUT2D eigenvalue weighted by Crippen LogP contribution is -2.31. The van der Waals surface area contributed by atoms with E-state index in [1.54, 1.807) is 42.3 Å². The Morgan fingerprint density at radius 3 is 2.45 bits per heavy atom. The summed E-state index contributed by atoms with van der Waals surface area (Å²) in [7, 11) is 0. The number of benzene rings is 1. The first-order valence-electron chi connectivity index (χ1n) is 12.7. The molecule has 5 heterocycles. The van der Waals surface area contributed by atoms with E-state index in [1.807, 2.05) is 36.1 Å². The molecule has 1 aliphatic heterocycles. The molecule has 0 atom stereocenters. The van der Waals surface area contributed by atoms with Crippen molar-refractivity contribution in [2.75, 3.05) is 11.4 Å². The lowest BCUT2D eigenvalue weighted by Gasteiger charge is -2.21. The molecule has 0 fully saturated rings. The van der Waals surface area contributed by atoms with Crippen LogP contribution in [0.3, 0.4) is 0 Å². The maximum absolute atomic E-state index is 13.1. The summed E-state index contributed by atoms with van der Waals surface area (Å²) in [6, 6.07) is 7.38. The highest BCUT2D eigenvalue weighted by Gasteiger charge is 2.23. The van der Waals surface area contributed by atoms with Gasteiger partial charge in [-0.2, -0.15) is 0 Å². The number of ether oxygens (including phenoxy) is 1. The van der Waals surface area contributed by atoms with Crippen LogP contribution in [0.4, 0.5) is 10.5 Å². The fraction of sp³-hybridized carbons (Fsp3) is 0.214. The number of nitrogens with one attached hydrogen (secondary N) is 1. The molecule has 204 valence electrons. The smallest absolute Gasteiger partial charge is 0.374 e. The number of amides is 1. The predicted octanol–water partition coefficient (Wildman–Crippen LogP) is 4.72. The molecule has 0 saturated carbocycles. The molecule has 1 N–H and O–H groups in total. The van der Waals surface area contributed by atoms with Crippen molar-refractivity contribution in [1.29, 1.82) is 0 Å². The van der Waals surface area contributed by atoms with Crippen LogP contribution in [-0.4, -0.2) is 53.5 Å². The number of carbonyl (C=O) groups is 3. The highest BCUT2D eigenvalue weighted by Crippen LogP contribution is 2.32. The van der Waals surface area contributed by atoms with Gasteiger partial charge in [-0.05, 0) is 60.9 Å². The zero-order chi connectivity index (χ0) is 27.9. The lowest BCUT2D eigenvalue weighted by atomic mass is 10.0. The molecular formula is C28H27N7O4S. The molecule has 5 aromatic rings. The van der Waals surface area contributed by atoms with E-state index in [2.05, 4.69) is 25.3 Å². The van der Waals surface area contributed by atoms with E-state index in [1.165, 1.54) is 32.9 Å². The fourth-order valence-corrected chi connectivity index (χ4v) is 5.18. The topological polar surface area (TPSA) is 128 Å². The van der Waals surface area contributed by atoms with Crippen LogP contribution in [0, 0.1) is 6.92 Å². The van der Waals surface area contributed by atoms with Crippen LogP contribution in [0.5, 0.6) is 0 Å². The Bertz CT molecular complexity index is 1540. The molecule has 1 amide bonds. The average molecular weight is 558 g/mol. The van der Waals surface area contributed by atoms with Gasteiger partial charge in [-0.15, -0.1) is 11.3 Å². The van der Waals surface area contributed by atoms with Crippen molar-refractivity contribution in [3.05, 3.63) is 107 Å². The van der Waals surface area contributed by atoms with E-state index >= 15 is 0 Å². The number of aromatic nitrogens is 6. The summed E-state index contributed by atoms with van der Waals surface area (Å²) in [5, 5.41) is 2.05. The molecule has 0 unspecified atom stereocenters. The first-order chi connectivity index (χ1) is 19.5. The second kappa shape index (κ2) is 12.3. The molecule has 12 heteroatoms. The van der Waals surface area contributed by atoms with E-state index in [9.17, 15) is 14.4 Å². The van der Waals surface area contributed by atoms with Crippen molar-refractivity contribution >= 4 is 34.9 Å². The Labute approximate surface area is 234 Å². The first-order valence-corrected chi connectivity index (χ1v) is 13.5. The summed E-state index contributed by atoms with van der Waals surface area (Å²) in [5.74, 6) is -0.305. The molecule has 11 nitrogen and oxygen atoms in total. The van der Waals surface area contributed by atoms with Gasteiger partial charge in [0.1, 0.15) is 19.3 Å². The molecule has 40 heavy (non-hydrogen) atoms. The number of anilines is 1. The Balaban J connectivity index is 0.000000223. The number of hydrogen-bond donors (Lipinski definition) is 1. The summed E-state index contributed by atoms with van der Waals surface area (Å²) in [6.45, 7) is 2.80. The molecule has 0 radical (unpaired) electrons. The zero-order valence-electron chi connectivity index (χ0n) is 21.8. The Kier molecular flexibility index (Phi) is 8.26. The van der Waals surface area contributed by atoms with Crippen LogP contribution >= 0.6 is 11.3 Å². The number of esters is 1. The summed E-state index contributed by atoms with van der Waals surface area (Å²) in [6.07, 6.45) is 15.4. The number of nitrogens with zero attached hydrogens (tertiary/aromatic N) is 6. The van der Waals surface area contributed by atoms with Crippen LogP contribution in [-0.2, 0) is 17.8 Å². The minimum Gasteiger partial charge on any atom is -0.455 e. The van der Waals surface area contributed by atoms with Crippen LogP contribution < -0.4 is 4.90 Å². The minimum atomic E-state index is -0.501. The summed E-state index contributed by atoms with van der Waals surface area (Å²) < 4.78 is 8.05. The van der Waals surface area contributed by atoms with Crippen molar-refractivity contribution in [2.45, 2.75) is 32.8 Å². The number of hydrogen-bond acceptors (Lipinski definition) is 8. The van der Waals surface area contributed by atoms with Gasteiger partial charge in [0.05, 0.1) is 5.69 Å². The number of fused-ring (bicyclic) bond motifs is 1. The van der Waals surface area contributed by atoms with Gasteiger partial charge in [0.25, 0.3) is 5.91 Å². The largest absolute Gasteiger partial charge is 0.455 e. The molecule has 1 aliphatic rings. The molecule has 0 saturated heterocycles. The van der Waals surface area contributed by atoms with E-state index in [0.29, 0.717) is 5.56 Å². The first kappa shape index (κ1) is 26.8.